The monoisotopic (exact) mass is 156 g/mol. The second-order valence-electron chi connectivity index (χ2n) is 3.01. The molecule has 0 radical (unpaired) electrons. The highest BCUT2D eigenvalue weighted by Crippen LogP contribution is 2.08. The lowest BCUT2D eigenvalue weighted by molar-refractivity contribution is -0.110. The molecular weight excluding hydrogens is 140 g/mol. The van der Waals surface area contributed by atoms with Gasteiger partial charge in [-0.25, -0.2) is 0 Å². The van der Waals surface area contributed by atoms with E-state index >= 15 is 0 Å². The van der Waals surface area contributed by atoms with Gasteiger partial charge in [0.15, 0.2) is 0 Å². The van der Waals surface area contributed by atoms with Crippen molar-refractivity contribution in [3.8, 4) is 0 Å². The first-order valence-corrected chi connectivity index (χ1v) is 4.24. The topological polar surface area (TPSA) is 41.1 Å². The van der Waals surface area contributed by atoms with Crippen LogP contribution in [0.2, 0.25) is 0 Å². The third-order valence-electron chi connectivity index (χ3n) is 2.26. The molecule has 0 aliphatic carbocycles. The molecule has 2 N–H and O–H groups in total. The van der Waals surface area contributed by atoms with Gasteiger partial charge in [0.05, 0.1) is 6.04 Å². The van der Waals surface area contributed by atoms with Crippen LogP contribution in [0, 0.1) is 0 Å². The summed E-state index contributed by atoms with van der Waals surface area (Å²) in [5.41, 5.74) is 0. The molecule has 1 saturated heterocycles. The SMILES string of the molecule is CNC(C=O)C1CCCCN1. The number of rotatable bonds is 3. The van der Waals surface area contributed by atoms with Crippen molar-refractivity contribution in [2.45, 2.75) is 31.3 Å². The van der Waals surface area contributed by atoms with E-state index in [9.17, 15) is 4.79 Å². The largest absolute Gasteiger partial charge is 0.312 e. The van der Waals surface area contributed by atoms with Crippen LogP contribution in [0.3, 0.4) is 0 Å². The molecule has 11 heavy (non-hydrogen) atoms. The van der Waals surface area contributed by atoms with Crippen LogP contribution in [0.5, 0.6) is 0 Å². The minimum atomic E-state index is -0.00435. The Kier molecular flexibility index (Phi) is 3.52. The Hall–Kier alpha value is -0.410. The van der Waals surface area contributed by atoms with Crippen molar-refractivity contribution < 1.29 is 4.79 Å². The second-order valence-corrected chi connectivity index (χ2v) is 3.01. The van der Waals surface area contributed by atoms with Crippen LogP contribution >= 0.6 is 0 Å². The molecule has 1 aliphatic rings. The Balaban J connectivity index is 2.35. The van der Waals surface area contributed by atoms with Crippen LogP contribution in [0.25, 0.3) is 0 Å². The molecule has 0 aromatic heterocycles. The number of hydrogen-bond donors (Lipinski definition) is 2. The van der Waals surface area contributed by atoms with Crippen molar-refractivity contribution in [1.29, 1.82) is 0 Å². The maximum atomic E-state index is 10.5. The van der Waals surface area contributed by atoms with E-state index < -0.39 is 0 Å². The van der Waals surface area contributed by atoms with Crippen LogP contribution < -0.4 is 10.6 Å². The second kappa shape index (κ2) is 4.46. The summed E-state index contributed by atoms with van der Waals surface area (Å²) in [6.07, 6.45) is 4.59. The lowest BCUT2D eigenvalue weighted by atomic mass is 9.99. The van der Waals surface area contributed by atoms with E-state index in [0.29, 0.717) is 6.04 Å². The molecule has 0 spiro atoms. The zero-order valence-electron chi connectivity index (χ0n) is 6.97. The number of aldehydes is 1. The van der Waals surface area contributed by atoms with Gasteiger partial charge in [-0.2, -0.15) is 0 Å². The minimum Gasteiger partial charge on any atom is -0.312 e. The summed E-state index contributed by atoms with van der Waals surface area (Å²) < 4.78 is 0. The minimum absolute atomic E-state index is 0.00435. The molecule has 3 nitrogen and oxygen atoms in total. The predicted molar refractivity (Wildman–Crippen MR) is 44.6 cm³/mol. The van der Waals surface area contributed by atoms with Gasteiger partial charge in [-0.3, -0.25) is 0 Å². The highest BCUT2D eigenvalue weighted by Gasteiger charge is 2.20. The Labute approximate surface area is 67.5 Å². The van der Waals surface area contributed by atoms with E-state index in [2.05, 4.69) is 10.6 Å². The van der Waals surface area contributed by atoms with Gasteiger partial charge in [0.1, 0.15) is 6.29 Å². The number of carbonyl (C=O) groups excluding carboxylic acids is 1. The Morgan fingerprint density at radius 2 is 2.45 bits per heavy atom. The number of carbonyl (C=O) groups is 1. The average molecular weight is 156 g/mol. The lowest BCUT2D eigenvalue weighted by Gasteiger charge is -2.27. The number of likely N-dealkylation sites (N-methyl/N-ethyl adjacent to an activating group) is 1. The third-order valence-corrected chi connectivity index (χ3v) is 2.26. The van der Waals surface area contributed by atoms with Gasteiger partial charge in [0.2, 0.25) is 0 Å². The molecule has 0 bridgehead atoms. The molecular formula is C8H16N2O. The first-order chi connectivity index (χ1) is 5.38. The smallest absolute Gasteiger partial charge is 0.138 e. The molecule has 0 aromatic rings. The number of nitrogens with one attached hydrogen (secondary N) is 2. The number of piperidine rings is 1. The van der Waals surface area contributed by atoms with Gasteiger partial charge in [0.25, 0.3) is 0 Å². The van der Waals surface area contributed by atoms with Gasteiger partial charge in [-0.1, -0.05) is 6.42 Å². The van der Waals surface area contributed by atoms with Crippen molar-refractivity contribution in [1.82, 2.24) is 10.6 Å². The quantitative estimate of drug-likeness (QED) is 0.561. The predicted octanol–water partition coefficient (Wildman–Crippen LogP) is -0.0846. The van der Waals surface area contributed by atoms with Gasteiger partial charge in [-0.05, 0) is 26.4 Å². The van der Waals surface area contributed by atoms with E-state index in [4.69, 9.17) is 0 Å². The fraction of sp³-hybridized carbons (Fsp3) is 0.875. The van der Waals surface area contributed by atoms with Crippen LogP contribution in [0.4, 0.5) is 0 Å². The summed E-state index contributed by atoms with van der Waals surface area (Å²) >= 11 is 0. The Bertz CT molecular complexity index is 121. The molecule has 1 rings (SSSR count). The van der Waals surface area contributed by atoms with Gasteiger partial charge in [-0.15, -0.1) is 0 Å². The van der Waals surface area contributed by atoms with Crippen LogP contribution in [0.1, 0.15) is 19.3 Å². The first kappa shape index (κ1) is 8.68. The van der Waals surface area contributed by atoms with E-state index in [-0.39, 0.29) is 6.04 Å². The maximum absolute atomic E-state index is 10.5. The molecule has 0 saturated carbocycles. The van der Waals surface area contributed by atoms with E-state index in [1.54, 1.807) is 0 Å². The highest BCUT2D eigenvalue weighted by molar-refractivity contribution is 5.58. The molecule has 2 atom stereocenters. The molecule has 1 fully saturated rings. The normalized spacial score (nSPS) is 27.9. The summed E-state index contributed by atoms with van der Waals surface area (Å²) in [6.45, 7) is 1.05. The van der Waals surface area contributed by atoms with Crippen LogP contribution in [-0.4, -0.2) is 32.0 Å². The lowest BCUT2D eigenvalue weighted by Crippen LogP contribution is -2.49. The summed E-state index contributed by atoms with van der Waals surface area (Å²) in [7, 11) is 1.83. The number of hydrogen-bond acceptors (Lipinski definition) is 3. The molecule has 0 aromatic carbocycles. The summed E-state index contributed by atoms with van der Waals surface area (Å²) in [6, 6.07) is 0.349. The fourth-order valence-corrected chi connectivity index (χ4v) is 1.55. The van der Waals surface area contributed by atoms with E-state index in [1.165, 1.54) is 12.8 Å². The molecule has 2 unspecified atom stereocenters. The Morgan fingerprint density at radius 1 is 1.64 bits per heavy atom. The molecule has 3 heteroatoms. The summed E-state index contributed by atoms with van der Waals surface area (Å²) in [4.78, 5) is 10.5. The van der Waals surface area contributed by atoms with Crippen molar-refractivity contribution in [2.24, 2.45) is 0 Å². The van der Waals surface area contributed by atoms with Crippen molar-refractivity contribution in [2.75, 3.05) is 13.6 Å². The zero-order chi connectivity index (χ0) is 8.10. The van der Waals surface area contributed by atoms with E-state index in [1.807, 2.05) is 7.05 Å². The molecule has 0 amide bonds. The fourth-order valence-electron chi connectivity index (χ4n) is 1.55. The summed E-state index contributed by atoms with van der Waals surface area (Å²) in [5.74, 6) is 0. The van der Waals surface area contributed by atoms with Gasteiger partial charge in [0, 0.05) is 6.04 Å². The van der Waals surface area contributed by atoms with Crippen molar-refractivity contribution >= 4 is 6.29 Å². The summed E-state index contributed by atoms with van der Waals surface area (Å²) in [5, 5.41) is 6.32. The standard InChI is InChI=1S/C8H16N2O/c1-9-8(6-11)7-4-2-3-5-10-7/h6-10H,2-5H2,1H3. The maximum Gasteiger partial charge on any atom is 0.138 e. The molecule has 1 aliphatic heterocycles. The highest BCUT2D eigenvalue weighted by atomic mass is 16.1. The Morgan fingerprint density at radius 3 is 2.91 bits per heavy atom. The zero-order valence-corrected chi connectivity index (χ0v) is 6.97. The van der Waals surface area contributed by atoms with Crippen molar-refractivity contribution in [3.63, 3.8) is 0 Å². The molecule has 1 heterocycles. The van der Waals surface area contributed by atoms with Gasteiger partial charge < -0.3 is 15.4 Å². The van der Waals surface area contributed by atoms with Crippen molar-refractivity contribution in [3.05, 3.63) is 0 Å². The average Bonchev–Trinajstić information content (AvgIpc) is 2.09. The third kappa shape index (κ3) is 2.27. The first-order valence-electron chi connectivity index (χ1n) is 4.24. The van der Waals surface area contributed by atoms with Crippen LogP contribution in [0.15, 0.2) is 0 Å². The van der Waals surface area contributed by atoms with Gasteiger partial charge >= 0.3 is 0 Å². The molecule has 64 valence electrons. The van der Waals surface area contributed by atoms with E-state index in [0.717, 1.165) is 19.3 Å². The van der Waals surface area contributed by atoms with Crippen LogP contribution in [-0.2, 0) is 4.79 Å².